The fraction of sp³-hybridized carbons (Fsp3) is 0.132. The Hall–Kier alpha value is -6.78. The molecule has 4 nitrogen and oxygen atoms in total. The number of rotatable bonds is 6. The number of fused-ring (bicyclic) bond motifs is 6. The third kappa shape index (κ3) is 6.09. The van der Waals surface area contributed by atoms with E-state index in [0.717, 1.165) is 83.1 Å². The summed E-state index contributed by atoms with van der Waals surface area (Å²) in [6.07, 6.45) is 24.8. The van der Waals surface area contributed by atoms with E-state index in [2.05, 4.69) is 175 Å². The topological polar surface area (TPSA) is 38.9 Å². The van der Waals surface area contributed by atoms with Crippen molar-refractivity contribution < 1.29 is 4.74 Å². The second kappa shape index (κ2) is 14.1. The Morgan fingerprint density at radius 2 is 1.46 bits per heavy atom. The van der Waals surface area contributed by atoms with Crippen molar-refractivity contribution in [1.29, 1.82) is 0 Å². The van der Waals surface area contributed by atoms with Gasteiger partial charge in [-0.3, -0.25) is 0 Å². The van der Waals surface area contributed by atoms with Gasteiger partial charge < -0.3 is 9.30 Å². The zero-order chi connectivity index (χ0) is 37.7. The lowest BCUT2D eigenvalue weighted by molar-refractivity contribution is 0.425. The van der Waals surface area contributed by atoms with Crippen molar-refractivity contribution in [3.8, 4) is 28.0 Å². The predicted octanol–water partition coefficient (Wildman–Crippen LogP) is 13.0. The van der Waals surface area contributed by atoms with E-state index in [1.165, 1.54) is 44.5 Å². The molecule has 2 aliphatic heterocycles. The maximum atomic E-state index is 6.63. The lowest BCUT2D eigenvalue weighted by Crippen LogP contribution is -2.14. The molecule has 3 aliphatic carbocycles. The molecule has 11 rings (SSSR count). The van der Waals surface area contributed by atoms with Crippen molar-refractivity contribution >= 4 is 39.9 Å². The number of ether oxygens (including phenoxy) is 1. The first-order chi connectivity index (χ1) is 28.2. The zero-order valence-corrected chi connectivity index (χ0v) is 31.7. The van der Waals surface area contributed by atoms with Crippen LogP contribution in [-0.2, 0) is 6.42 Å². The highest BCUT2D eigenvalue weighted by atomic mass is 16.5. The third-order valence-electron chi connectivity index (χ3n) is 12.1. The van der Waals surface area contributed by atoms with Gasteiger partial charge in [-0.1, -0.05) is 134 Å². The summed E-state index contributed by atoms with van der Waals surface area (Å²) in [7, 11) is 0. The van der Waals surface area contributed by atoms with Gasteiger partial charge in [-0.2, -0.15) is 0 Å². The quantitative estimate of drug-likeness (QED) is 0.168. The summed E-state index contributed by atoms with van der Waals surface area (Å²) in [5.74, 6) is 3.19. The number of hydrogen-bond donors (Lipinski definition) is 0. The van der Waals surface area contributed by atoms with E-state index in [4.69, 9.17) is 14.7 Å². The van der Waals surface area contributed by atoms with Crippen LogP contribution >= 0.6 is 0 Å². The first-order valence-electron chi connectivity index (χ1n) is 20.2. The van der Waals surface area contributed by atoms with E-state index in [1.54, 1.807) is 0 Å². The molecule has 5 aromatic carbocycles. The van der Waals surface area contributed by atoms with Gasteiger partial charge in [-0.25, -0.2) is 9.98 Å². The minimum absolute atomic E-state index is 0.176. The van der Waals surface area contributed by atoms with Gasteiger partial charge in [0.15, 0.2) is 5.84 Å². The summed E-state index contributed by atoms with van der Waals surface area (Å²) in [4.78, 5) is 10.4. The minimum atomic E-state index is 0.176. The Balaban J connectivity index is 0.890. The second-order valence-electron chi connectivity index (χ2n) is 15.5. The summed E-state index contributed by atoms with van der Waals surface area (Å²) < 4.78 is 9.14. The molecule has 2 unspecified atom stereocenters. The van der Waals surface area contributed by atoms with Gasteiger partial charge in [0, 0.05) is 57.9 Å². The highest BCUT2D eigenvalue weighted by Crippen LogP contribution is 2.49. The maximum absolute atomic E-state index is 6.63. The molecule has 0 spiro atoms. The number of aryl methyl sites for hydroxylation is 1. The fourth-order valence-corrected chi connectivity index (χ4v) is 9.17. The Morgan fingerprint density at radius 3 is 2.32 bits per heavy atom. The normalized spacial score (nSPS) is 19.3. The number of aliphatic imine (C=N–C) groups is 2. The molecule has 6 aromatic rings. The maximum Gasteiger partial charge on any atom is 0.159 e. The Labute approximate surface area is 333 Å². The molecule has 274 valence electrons. The summed E-state index contributed by atoms with van der Waals surface area (Å²) in [5, 5.41) is 1.36. The largest absolute Gasteiger partial charge is 0.461 e. The van der Waals surface area contributed by atoms with Gasteiger partial charge in [0.25, 0.3) is 0 Å². The molecule has 5 aliphatic rings. The zero-order valence-electron chi connectivity index (χ0n) is 31.7. The summed E-state index contributed by atoms with van der Waals surface area (Å²) >= 11 is 0. The molecule has 1 aromatic heterocycles. The van der Waals surface area contributed by atoms with E-state index >= 15 is 0 Å². The molecule has 57 heavy (non-hydrogen) atoms. The number of hydrogen-bond acceptors (Lipinski definition) is 3. The standard InChI is InChI=1S/C53H41N3O/c1-4-13-35(14-5-1)39-24-29-50-45(32-39)43-21-10-11-22-49(43)56(50)42-25-30-51-46(34-42)44-26-23-40(33-52(44)57-51)38-19-12-20-41(31-38)48-28-27-47(36-15-6-2-7-16-36)54-53(55-48)37-17-8-3-9-18-37/h1-9,11-15,17-20,22-26,28-33,36,46H,10,16,21,27,34H2. The van der Waals surface area contributed by atoms with Crippen molar-refractivity contribution in [3.63, 3.8) is 0 Å². The average molecular weight is 736 g/mol. The Morgan fingerprint density at radius 1 is 0.667 bits per heavy atom. The molecule has 0 amide bonds. The van der Waals surface area contributed by atoms with Gasteiger partial charge in [-0.15, -0.1) is 0 Å². The first-order valence-corrected chi connectivity index (χ1v) is 20.2. The van der Waals surface area contributed by atoms with Gasteiger partial charge in [0.2, 0.25) is 0 Å². The van der Waals surface area contributed by atoms with E-state index < -0.39 is 0 Å². The number of allylic oxidation sites excluding steroid dienone is 10. The van der Waals surface area contributed by atoms with Crippen LogP contribution in [0.15, 0.2) is 186 Å². The first kappa shape index (κ1) is 33.5. The number of aromatic nitrogens is 1. The average Bonchev–Trinajstić information content (AvgIpc) is 3.72. The summed E-state index contributed by atoms with van der Waals surface area (Å²) in [6, 6.07) is 43.5. The summed E-state index contributed by atoms with van der Waals surface area (Å²) in [5.41, 5.74) is 15.6. The second-order valence-corrected chi connectivity index (χ2v) is 15.5. The molecule has 0 fully saturated rings. The number of nitrogens with zero attached hydrogens (tertiary/aromatic N) is 3. The van der Waals surface area contributed by atoms with E-state index in [0.29, 0.717) is 0 Å². The predicted molar refractivity (Wildman–Crippen MR) is 236 cm³/mol. The van der Waals surface area contributed by atoms with Gasteiger partial charge in [0.05, 0.1) is 17.1 Å². The van der Waals surface area contributed by atoms with Crippen LogP contribution in [0.5, 0.6) is 5.75 Å². The van der Waals surface area contributed by atoms with Gasteiger partial charge >= 0.3 is 0 Å². The van der Waals surface area contributed by atoms with Crippen molar-refractivity contribution in [2.24, 2.45) is 15.9 Å². The van der Waals surface area contributed by atoms with E-state index in [9.17, 15) is 0 Å². The minimum Gasteiger partial charge on any atom is -0.461 e. The highest BCUT2D eigenvalue weighted by Gasteiger charge is 2.34. The van der Waals surface area contributed by atoms with Crippen molar-refractivity contribution in [3.05, 3.63) is 204 Å². The van der Waals surface area contributed by atoms with Crippen molar-refractivity contribution in [2.45, 2.75) is 38.0 Å². The molecule has 0 saturated carbocycles. The Bertz CT molecular complexity index is 2840. The lowest BCUT2D eigenvalue weighted by atomic mass is 9.89. The van der Waals surface area contributed by atoms with Crippen LogP contribution in [0.1, 0.15) is 59.5 Å². The molecule has 0 bridgehead atoms. The molecule has 4 heteroatoms. The van der Waals surface area contributed by atoms with E-state index in [-0.39, 0.29) is 11.8 Å². The molecular weight excluding hydrogens is 695 g/mol. The van der Waals surface area contributed by atoms with Crippen molar-refractivity contribution in [2.75, 3.05) is 0 Å². The molecule has 0 radical (unpaired) electrons. The van der Waals surface area contributed by atoms with E-state index in [1.807, 2.05) is 6.07 Å². The van der Waals surface area contributed by atoms with Gasteiger partial charge in [0.1, 0.15) is 11.5 Å². The SMILES string of the molecule is C1=CCC(C2=NC(c3ccccc3)=NC(c3cccc(-c4ccc5c(c4)OC4=CC=C(n6c7c(c8cc(-c9ccccc9)ccc86)CCC=C7)CC45)c3)=CC2)C=C1. The molecular formula is C53H41N3O. The molecule has 3 heterocycles. The van der Waals surface area contributed by atoms with Crippen LogP contribution in [0.25, 0.3) is 50.6 Å². The van der Waals surface area contributed by atoms with Crippen LogP contribution in [0, 0.1) is 5.92 Å². The molecule has 0 N–H and O–H groups in total. The highest BCUT2D eigenvalue weighted by molar-refractivity contribution is 6.11. The van der Waals surface area contributed by atoms with Crippen LogP contribution in [0.4, 0.5) is 0 Å². The monoisotopic (exact) mass is 735 g/mol. The third-order valence-corrected chi connectivity index (χ3v) is 12.1. The molecule has 0 saturated heterocycles. The lowest BCUT2D eigenvalue weighted by Gasteiger charge is -2.22. The number of amidine groups is 1. The van der Waals surface area contributed by atoms with Gasteiger partial charge in [-0.05, 0) is 89.6 Å². The fourth-order valence-electron chi connectivity index (χ4n) is 9.17. The number of benzene rings is 5. The molecule has 2 atom stereocenters. The van der Waals surface area contributed by atoms with Crippen LogP contribution < -0.4 is 4.74 Å². The summed E-state index contributed by atoms with van der Waals surface area (Å²) in [6.45, 7) is 0. The smallest absolute Gasteiger partial charge is 0.159 e. The van der Waals surface area contributed by atoms with Crippen LogP contribution in [0.3, 0.4) is 0 Å². The Kier molecular flexibility index (Phi) is 8.28. The van der Waals surface area contributed by atoms with Crippen LogP contribution in [0.2, 0.25) is 0 Å². The van der Waals surface area contributed by atoms with Crippen LogP contribution in [-0.4, -0.2) is 16.1 Å². The van der Waals surface area contributed by atoms with Crippen molar-refractivity contribution in [1.82, 2.24) is 4.57 Å².